The van der Waals surface area contributed by atoms with Crippen molar-refractivity contribution in [2.24, 2.45) is 17.8 Å². The number of rotatable bonds is 10. The van der Waals surface area contributed by atoms with Crippen LogP contribution < -0.4 is 10.2 Å². The van der Waals surface area contributed by atoms with Crippen molar-refractivity contribution in [3.05, 3.63) is 95.0 Å². The monoisotopic (exact) mass is 556 g/mol. The first-order valence-corrected chi connectivity index (χ1v) is 14.0. The van der Waals surface area contributed by atoms with Crippen molar-refractivity contribution in [2.75, 3.05) is 16.8 Å². The lowest BCUT2D eigenvalue weighted by atomic mass is 9.68. The summed E-state index contributed by atoms with van der Waals surface area (Å²) in [5, 5.41) is 34.2. The summed E-state index contributed by atoms with van der Waals surface area (Å²) in [4.78, 5) is 28.5. The second-order valence-electron chi connectivity index (χ2n) is 10.9. The van der Waals surface area contributed by atoms with Crippen LogP contribution in [0.1, 0.15) is 44.6 Å². The maximum Gasteiger partial charge on any atom is 0.238 e. The molecule has 5 rings (SSSR count). The Kier molecular flexibility index (Phi) is 8.54. The molecule has 0 bridgehead atoms. The molecular weight excluding hydrogens is 520 g/mol. The second-order valence-corrected chi connectivity index (χ2v) is 10.9. The summed E-state index contributed by atoms with van der Waals surface area (Å²) in [6.45, 7) is 3.32. The highest BCUT2D eigenvalue weighted by Crippen LogP contribution is 2.47. The molecule has 0 radical (unpaired) electrons. The Morgan fingerprint density at radius 3 is 2.39 bits per heavy atom. The average Bonchev–Trinajstić information content (AvgIpc) is 3.53. The molecule has 0 spiro atoms. The minimum atomic E-state index is -0.860. The van der Waals surface area contributed by atoms with E-state index in [1.54, 1.807) is 24.3 Å². The van der Waals surface area contributed by atoms with Crippen LogP contribution in [0.5, 0.6) is 0 Å². The standard InChI is InChI=1S/C33H36N2O6/c1-20(16-25-13-14-26(18-36)41-25)8-15-29(38)30-21(2)17-27-31(28(30)19-37)33(40)35(32(27)39)24-11-9-23(10-12-24)34-22-6-4-3-5-7-22/h3-7,9-14,16,27-29,31,34,36-38H,8,15,17-19H2,1-2H3/b20-16+/t27-,28+,29-,31-/m1/s1. The number of imide groups is 1. The summed E-state index contributed by atoms with van der Waals surface area (Å²) in [7, 11) is 0. The molecule has 41 heavy (non-hydrogen) atoms. The number of allylic oxidation sites excluding steroid dienone is 2. The molecule has 2 aliphatic rings. The third-order valence-corrected chi connectivity index (χ3v) is 8.11. The molecule has 3 aromatic rings. The molecule has 2 heterocycles. The quantitative estimate of drug-likeness (QED) is 0.200. The van der Waals surface area contributed by atoms with E-state index in [1.807, 2.05) is 62.4 Å². The molecule has 0 saturated carbocycles. The van der Waals surface area contributed by atoms with Crippen LogP contribution in [0.2, 0.25) is 0 Å². The molecule has 4 N–H and O–H groups in total. The first-order valence-electron chi connectivity index (χ1n) is 14.0. The van der Waals surface area contributed by atoms with E-state index in [0.29, 0.717) is 42.0 Å². The molecule has 214 valence electrons. The number of para-hydroxylation sites is 1. The van der Waals surface area contributed by atoms with E-state index in [2.05, 4.69) is 5.32 Å². The van der Waals surface area contributed by atoms with E-state index in [4.69, 9.17) is 4.42 Å². The summed E-state index contributed by atoms with van der Waals surface area (Å²) in [6.07, 6.45) is 2.35. The van der Waals surface area contributed by atoms with Crippen molar-refractivity contribution in [3.63, 3.8) is 0 Å². The predicted octanol–water partition coefficient (Wildman–Crippen LogP) is 5.19. The number of benzene rings is 2. The number of nitrogens with one attached hydrogen (secondary N) is 1. The largest absolute Gasteiger partial charge is 0.459 e. The van der Waals surface area contributed by atoms with Crippen molar-refractivity contribution in [3.8, 4) is 0 Å². The molecule has 1 aliphatic heterocycles. The van der Waals surface area contributed by atoms with Crippen molar-refractivity contribution in [2.45, 2.75) is 45.8 Å². The van der Waals surface area contributed by atoms with E-state index in [0.717, 1.165) is 22.5 Å². The lowest BCUT2D eigenvalue weighted by Crippen LogP contribution is -2.38. The molecule has 1 aromatic heterocycles. The average molecular weight is 557 g/mol. The van der Waals surface area contributed by atoms with Crippen LogP contribution in [-0.2, 0) is 16.2 Å². The fraction of sp³-hybridized carbons (Fsp3) is 0.333. The minimum Gasteiger partial charge on any atom is -0.459 e. The number of aliphatic hydroxyl groups is 3. The number of fused-ring (bicyclic) bond motifs is 1. The zero-order valence-electron chi connectivity index (χ0n) is 23.3. The molecule has 2 aromatic carbocycles. The van der Waals surface area contributed by atoms with Gasteiger partial charge in [0, 0.05) is 17.3 Å². The van der Waals surface area contributed by atoms with E-state index in [1.165, 1.54) is 4.90 Å². The summed E-state index contributed by atoms with van der Waals surface area (Å²) in [6, 6.07) is 20.4. The number of hydrogen-bond acceptors (Lipinski definition) is 7. The van der Waals surface area contributed by atoms with Gasteiger partial charge in [-0.2, -0.15) is 0 Å². The zero-order valence-corrected chi connectivity index (χ0v) is 23.3. The van der Waals surface area contributed by atoms with Gasteiger partial charge in [0.1, 0.15) is 18.1 Å². The van der Waals surface area contributed by atoms with Gasteiger partial charge in [0.2, 0.25) is 11.8 Å². The number of carbonyl (C=O) groups is 2. The van der Waals surface area contributed by atoms with Crippen LogP contribution in [0.4, 0.5) is 17.1 Å². The number of nitrogens with zero attached hydrogens (tertiary/aromatic N) is 1. The van der Waals surface area contributed by atoms with Crippen molar-refractivity contribution in [1.29, 1.82) is 0 Å². The molecule has 4 atom stereocenters. The summed E-state index contributed by atoms with van der Waals surface area (Å²) in [5.74, 6) is -1.42. The highest BCUT2D eigenvalue weighted by Gasteiger charge is 2.54. The van der Waals surface area contributed by atoms with Gasteiger partial charge in [-0.05, 0) is 93.3 Å². The smallest absolute Gasteiger partial charge is 0.238 e. The van der Waals surface area contributed by atoms with Gasteiger partial charge in [-0.1, -0.05) is 29.3 Å². The molecule has 2 amide bonds. The van der Waals surface area contributed by atoms with Gasteiger partial charge in [-0.25, -0.2) is 0 Å². The third kappa shape index (κ3) is 5.91. The van der Waals surface area contributed by atoms with Gasteiger partial charge in [-0.15, -0.1) is 0 Å². The molecule has 1 fully saturated rings. The Labute approximate surface area is 239 Å². The highest BCUT2D eigenvalue weighted by molar-refractivity contribution is 6.22. The first-order chi connectivity index (χ1) is 19.8. The topological polar surface area (TPSA) is 123 Å². The van der Waals surface area contributed by atoms with Crippen LogP contribution in [-0.4, -0.2) is 39.8 Å². The number of hydrogen-bond donors (Lipinski definition) is 4. The van der Waals surface area contributed by atoms with Gasteiger partial charge in [0.05, 0.1) is 30.2 Å². The number of anilines is 3. The minimum absolute atomic E-state index is 0.167. The third-order valence-electron chi connectivity index (χ3n) is 8.11. The van der Waals surface area contributed by atoms with Crippen molar-refractivity contribution < 1.29 is 29.3 Å². The second kappa shape index (κ2) is 12.3. The molecule has 0 unspecified atom stereocenters. The number of aliphatic hydroxyl groups excluding tert-OH is 3. The first kappa shape index (κ1) is 28.5. The van der Waals surface area contributed by atoms with Gasteiger partial charge < -0.3 is 25.1 Å². The lowest BCUT2D eigenvalue weighted by Gasteiger charge is -2.35. The highest BCUT2D eigenvalue weighted by atomic mass is 16.4. The lowest BCUT2D eigenvalue weighted by molar-refractivity contribution is -0.123. The maximum atomic E-state index is 13.7. The zero-order chi connectivity index (χ0) is 29.1. The molecule has 8 nitrogen and oxygen atoms in total. The van der Waals surface area contributed by atoms with Gasteiger partial charge in [0.25, 0.3) is 0 Å². The van der Waals surface area contributed by atoms with E-state index in [-0.39, 0.29) is 25.0 Å². The van der Waals surface area contributed by atoms with Crippen LogP contribution in [0.15, 0.2) is 87.9 Å². The Morgan fingerprint density at radius 2 is 1.73 bits per heavy atom. The van der Waals surface area contributed by atoms with E-state index >= 15 is 0 Å². The van der Waals surface area contributed by atoms with Gasteiger partial charge >= 0.3 is 0 Å². The van der Waals surface area contributed by atoms with E-state index < -0.39 is 23.9 Å². The fourth-order valence-corrected chi connectivity index (χ4v) is 6.15. The number of carbonyl (C=O) groups excluding carboxylic acids is 2. The SMILES string of the molecule is CC1=C([C@H](O)CC/C(C)=C/c2ccc(CO)o2)[C@H](CO)[C@@H]2C(=O)N(c3ccc(Nc4ccccc4)cc3)C(=O)[C@@H]2C1. The van der Waals surface area contributed by atoms with Crippen LogP contribution >= 0.6 is 0 Å². The molecular formula is C33H36N2O6. The van der Waals surface area contributed by atoms with Crippen LogP contribution in [0.25, 0.3) is 6.08 Å². The number of furan rings is 1. The predicted molar refractivity (Wildman–Crippen MR) is 157 cm³/mol. The Balaban J connectivity index is 1.29. The van der Waals surface area contributed by atoms with Crippen LogP contribution in [0.3, 0.4) is 0 Å². The van der Waals surface area contributed by atoms with Crippen molar-refractivity contribution >= 4 is 35.0 Å². The summed E-state index contributed by atoms with van der Waals surface area (Å²) >= 11 is 0. The van der Waals surface area contributed by atoms with Crippen molar-refractivity contribution in [1.82, 2.24) is 0 Å². The summed E-state index contributed by atoms with van der Waals surface area (Å²) in [5.41, 5.74) is 4.75. The van der Waals surface area contributed by atoms with Crippen LogP contribution in [0, 0.1) is 17.8 Å². The Morgan fingerprint density at radius 1 is 1.02 bits per heavy atom. The maximum absolute atomic E-state index is 13.7. The van der Waals surface area contributed by atoms with Gasteiger partial charge in [-0.3, -0.25) is 14.5 Å². The molecule has 1 saturated heterocycles. The fourth-order valence-electron chi connectivity index (χ4n) is 6.15. The van der Waals surface area contributed by atoms with E-state index in [9.17, 15) is 24.9 Å². The van der Waals surface area contributed by atoms with Gasteiger partial charge in [0.15, 0.2) is 0 Å². The molecule has 1 aliphatic carbocycles. The Bertz CT molecular complexity index is 1460. The molecule has 8 heteroatoms. The Hall–Kier alpha value is -3.98. The summed E-state index contributed by atoms with van der Waals surface area (Å²) < 4.78 is 5.52. The number of amides is 2. The normalized spacial score (nSPS) is 21.8.